The van der Waals surface area contributed by atoms with E-state index in [9.17, 15) is 0 Å². The monoisotopic (exact) mass is 351 g/mol. The fraction of sp³-hybridized carbons (Fsp3) is 0.357. The van der Waals surface area contributed by atoms with Crippen LogP contribution in [0.3, 0.4) is 0 Å². The summed E-state index contributed by atoms with van der Waals surface area (Å²) in [6.45, 7) is 7.61. The third kappa shape index (κ3) is 4.29. The smallest absolute Gasteiger partial charge is 0.243 e. The van der Waals surface area contributed by atoms with Crippen molar-refractivity contribution in [3.63, 3.8) is 0 Å². The first-order valence-electron chi connectivity index (χ1n) is 6.76. The predicted octanol–water partition coefficient (Wildman–Crippen LogP) is 3.02. The van der Waals surface area contributed by atoms with Crippen LogP contribution in [-0.2, 0) is 13.1 Å². The molecule has 0 aliphatic carbocycles. The summed E-state index contributed by atoms with van der Waals surface area (Å²) in [6, 6.07) is 5.96. The van der Waals surface area contributed by atoms with E-state index in [1.807, 2.05) is 18.2 Å². The van der Waals surface area contributed by atoms with Crippen molar-refractivity contribution in [2.24, 2.45) is 0 Å². The van der Waals surface area contributed by atoms with Crippen molar-refractivity contribution in [3.05, 3.63) is 40.9 Å². The maximum absolute atomic E-state index is 5.75. The third-order valence-corrected chi connectivity index (χ3v) is 3.25. The minimum atomic E-state index is 0.563. The van der Waals surface area contributed by atoms with E-state index in [4.69, 9.17) is 4.74 Å². The topological polar surface area (TPSA) is 64.9 Å². The van der Waals surface area contributed by atoms with Gasteiger partial charge >= 0.3 is 0 Å². The van der Waals surface area contributed by atoms with Crippen molar-refractivity contribution in [2.45, 2.75) is 26.4 Å². The molecule has 7 heteroatoms. The molecule has 0 unspecified atom stereocenters. The Morgan fingerprint density at radius 2 is 2.33 bits per heavy atom. The average Bonchev–Trinajstić information content (AvgIpc) is 2.92. The van der Waals surface area contributed by atoms with Gasteiger partial charge in [-0.05, 0) is 35.0 Å². The quantitative estimate of drug-likeness (QED) is 0.740. The van der Waals surface area contributed by atoms with Crippen LogP contribution in [0.15, 0.2) is 35.3 Å². The van der Waals surface area contributed by atoms with Gasteiger partial charge in [-0.15, -0.1) is 6.58 Å². The molecule has 2 rings (SSSR count). The van der Waals surface area contributed by atoms with Crippen molar-refractivity contribution in [1.29, 1.82) is 0 Å². The highest BCUT2D eigenvalue weighted by atomic mass is 79.9. The van der Waals surface area contributed by atoms with Crippen LogP contribution in [0.2, 0.25) is 0 Å². The number of tetrazole rings is 1. The maximum atomic E-state index is 5.75. The van der Waals surface area contributed by atoms with E-state index in [0.29, 0.717) is 25.6 Å². The summed E-state index contributed by atoms with van der Waals surface area (Å²) in [5.74, 6) is 1.48. The van der Waals surface area contributed by atoms with Crippen molar-refractivity contribution < 1.29 is 4.74 Å². The molecule has 0 atom stereocenters. The van der Waals surface area contributed by atoms with Gasteiger partial charge in [0.25, 0.3) is 0 Å². The molecule has 1 heterocycles. The van der Waals surface area contributed by atoms with Gasteiger partial charge in [0, 0.05) is 16.6 Å². The summed E-state index contributed by atoms with van der Waals surface area (Å²) in [5, 5.41) is 14.7. The molecule has 1 aromatic heterocycles. The van der Waals surface area contributed by atoms with E-state index in [0.717, 1.165) is 22.2 Å². The molecule has 0 spiro atoms. The number of benzene rings is 1. The Hall–Kier alpha value is -1.89. The summed E-state index contributed by atoms with van der Waals surface area (Å²) in [4.78, 5) is 0. The highest BCUT2D eigenvalue weighted by Crippen LogP contribution is 2.24. The average molecular weight is 352 g/mol. The molecular weight excluding hydrogens is 334 g/mol. The van der Waals surface area contributed by atoms with Crippen LogP contribution >= 0.6 is 15.9 Å². The first-order valence-corrected chi connectivity index (χ1v) is 7.56. The molecule has 0 amide bonds. The number of hydrogen-bond acceptors (Lipinski definition) is 5. The lowest BCUT2D eigenvalue weighted by atomic mass is 10.2. The SMILES string of the molecule is C=CCn1nnnc1NCc1cc(Br)ccc1OCCC. The number of ether oxygens (including phenoxy) is 1. The van der Waals surface area contributed by atoms with Crippen LogP contribution < -0.4 is 10.1 Å². The van der Waals surface area contributed by atoms with Crippen LogP contribution in [0, 0.1) is 0 Å². The highest BCUT2D eigenvalue weighted by Gasteiger charge is 2.08. The van der Waals surface area contributed by atoms with Gasteiger partial charge in [0.15, 0.2) is 0 Å². The highest BCUT2D eigenvalue weighted by molar-refractivity contribution is 9.10. The van der Waals surface area contributed by atoms with Crippen molar-refractivity contribution in [3.8, 4) is 5.75 Å². The van der Waals surface area contributed by atoms with E-state index in [2.05, 4.69) is 50.3 Å². The van der Waals surface area contributed by atoms with E-state index < -0.39 is 0 Å². The first-order chi connectivity index (χ1) is 10.2. The molecule has 1 N–H and O–H groups in total. The van der Waals surface area contributed by atoms with Gasteiger partial charge in [0.2, 0.25) is 5.95 Å². The lowest BCUT2D eigenvalue weighted by Crippen LogP contribution is -2.09. The Morgan fingerprint density at radius 3 is 3.10 bits per heavy atom. The lowest BCUT2D eigenvalue weighted by molar-refractivity contribution is 0.314. The Kier molecular flexibility index (Phi) is 5.74. The van der Waals surface area contributed by atoms with Crippen LogP contribution in [0.1, 0.15) is 18.9 Å². The Labute approximate surface area is 132 Å². The summed E-state index contributed by atoms with van der Waals surface area (Å²) < 4.78 is 8.41. The number of allylic oxidation sites excluding steroid dienone is 1. The number of aromatic nitrogens is 4. The number of nitrogens with zero attached hydrogens (tertiary/aromatic N) is 4. The third-order valence-electron chi connectivity index (χ3n) is 2.76. The molecule has 0 aliphatic rings. The van der Waals surface area contributed by atoms with Crippen molar-refractivity contribution in [1.82, 2.24) is 20.2 Å². The number of rotatable bonds is 8. The zero-order valence-electron chi connectivity index (χ0n) is 11.9. The van der Waals surface area contributed by atoms with Crippen molar-refractivity contribution >= 4 is 21.9 Å². The minimum absolute atomic E-state index is 0.563. The molecule has 112 valence electrons. The number of halogens is 1. The molecule has 0 saturated carbocycles. The Balaban J connectivity index is 2.09. The summed E-state index contributed by atoms with van der Waals surface area (Å²) in [6.07, 6.45) is 2.72. The van der Waals surface area contributed by atoms with Gasteiger partial charge < -0.3 is 10.1 Å². The lowest BCUT2D eigenvalue weighted by Gasteiger charge is -2.12. The fourth-order valence-electron chi connectivity index (χ4n) is 1.79. The largest absolute Gasteiger partial charge is 0.493 e. The number of nitrogens with one attached hydrogen (secondary N) is 1. The van der Waals surface area contributed by atoms with E-state index in [1.54, 1.807) is 10.8 Å². The fourth-order valence-corrected chi connectivity index (χ4v) is 2.20. The number of hydrogen-bond donors (Lipinski definition) is 1. The Morgan fingerprint density at radius 1 is 1.48 bits per heavy atom. The van der Waals surface area contributed by atoms with Gasteiger partial charge in [0.1, 0.15) is 5.75 Å². The van der Waals surface area contributed by atoms with Gasteiger partial charge in [-0.2, -0.15) is 0 Å². The molecule has 0 bridgehead atoms. The summed E-state index contributed by atoms with van der Waals surface area (Å²) in [5.41, 5.74) is 1.05. The molecule has 0 saturated heterocycles. The summed E-state index contributed by atoms with van der Waals surface area (Å²) >= 11 is 3.48. The molecular formula is C14H18BrN5O. The van der Waals surface area contributed by atoms with Crippen molar-refractivity contribution in [2.75, 3.05) is 11.9 Å². The van der Waals surface area contributed by atoms with Gasteiger partial charge in [0.05, 0.1) is 13.2 Å². The Bertz CT molecular complexity index is 599. The molecule has 21 heavy (non-hydrogen) atoms. The minimum Gasteiger partial charge on any atom is -0.493 e. The standard InChI is InChI=1S/C14H18BrN5O/c1-3-7-20-14(17-18-19-20)16-10-11-9-12(15)5-6-13(11)21-8-4-2/h3,5-6,9H,1,4,7-8,10H2,2H3,(H,16,17,19). The second kappa shape index (κ2) is 7.78. The zero-order chi connectivity index (χ0) is 15.1. The first kappa shape index (κ1) is 15.5. The predicted molar refractivity (Wildman–Crippen MR) is 85.3 cm³/mol. The zero-order valence-corrected chi connectivity index (χ0v) is 13.5. The van der Waals surface area contributed by atoms with E-state index in [1.165, 1.54) is 0 Å². The molecule has 6 nitrogen and oxygen atoms in total. The van der Waals surface area contributed by atoms with E-state index in [-0.39, 0.29) is 0 Å². The van der Waals surface area contributed by atoms with Gasteiger partial charge in [-0.3, -0.25) is 0 Å². The number of anilines is 1. The van der Waals surface area contributed by atoms with Gasteiger partial charge in [-0.25, -0.2) is 4.68 Å². The molecule has 0 radical (unpaired) electrons. The molecule has 2 aromatic rings. The molecule has 1 aromatic carbocycles. The van der Waals surface area contributed by atoms with Gasteiger partial charge in [-0.1, -0.05) is 34.0 Å². The normalized spacial score (nSPS) is 10.4. The van der Waals surface area contributed by atoms with Crippen LogP contribution in [0.4, 0.5) is 5.95 Å². The molecule has 0 fully saturated rings. The van der Waals surface area contributed by atoms with E-state index >= 15 is 0 Å². The van der Waals surface area contributed by atoms with Crippen LogP contribution in [0.25, 0.3) is 0 Å². The second-order valence-corrected chi connectivity index (χ2v) is 5.34. The molecule has 0 aliphatic heterocycles. The van der Waals surface area contributed by atoms with Crippen LogP contribution in [-0.4, -0.2) is 26.8 Å². The summed E-state index contributed by atoms with van der Waals surface area (Å²) in [7, 11) is 0. The maximum Gasteiger partial charge on any atom is 0.243 e. The van der Waals surface area contributed by atoms with Crippen LogP contribution in [0.5, 0.6) is 5.75 Å². The second-order valence-electron chi connectivity index (χ2n) is 4.43.